The number of benzene rings is 1. The van der Waals surface area contributed by atoms with Crippen molar-refractivity contribution in [1.29, 1.82) is 0 Å². The SMILES string of the molecule is CC(CBr)c1c(F)ccc(Cl)c1F. The first kappa shape index (κ1) is 10.9. The van der Waals surface area contributed by atoms with E-state index in [0.29, 0.717) is 5.33 Å². The van der Waals surface area contributed by atoms with Crippen LogP contribution in [0.2, 0.25) is 5.02 Å². The molecule has 1 rings (SSSR count). The Kier molecular flexibility index (Phi) is 3.68. The van der Waals surface area contributed by atoms with Gasteiger partial charge in [0.25, 0.3) is 0 Å². The highest BCUT2D eigenvalue weighted by Crippen LogP contribution is 2.28. The Balaban J connectivity index is 3.25. The fourth-order valence-electron chi connectivity index (χ4n) is 1.07. The van der Waals surface area contributed by atoms with Crippen LogP contribution in [0.1, 0.15) is 18.4 Å². The van der Waals surface area contributed by atoms with E-state index >= 15 is 0 Å². The zero-order valence-electron chi connectivity index (χ0n) is 6.95. The maximum absolute atomic E-state index is 13.3. The van der Waals surface area contributed by atoms with Gasteiger partial charge in [0.1, 0.15) is 11.6 Å². The summed E-state index contributed by atoms with van der Waals surface area (Å²) in [5.74, 6) is -1.43. The zero-order valence-corrected chi connectivity index (χ0v) is 9.29. The minimum absolute atomic E-state index is 0.0378. The third-order valence-corrected chi connectivity index (χ3v) is 3.07. The molecular formula is C9H8BrClF2. The second kappa shape index (κ2) is 4.38. The minimum Gasteiger partial charge on any atom is -0.207 e. The van der Waals surface area contributed by atoms with Crippen molar-refractivity contribution in [2.24, 2.45) is 0 Å². The highest BCUT2D eigenvalue weighted by Gasteiger charge is 2.17. The summed E-state index contributed by atoms with van der Waals surface area (Å²) in [4.78, 5) is 0. The lowest BCUT2D eigenvalue weighted by Gasteiger charge is -2.11. The molecular weight excluding hydrogens is 261 g/mol. The van der Waals surface area contributed by atoms with Gasteiger partial charge in [-0.3, -0.25) is 0 Å². The van der Waals surface area contributed by atoms with Crippen LogP contribution < -0.4 is 0 Å². The zero-order chi connectivity index (χ0) is 10.0. The molecule has 0 radical (unpaired) electrons. The monoisotopic (exact) mass is 268 g/mol. The van der Waals surface area contributed by atoms with Gasteiger partial charge >= 0.3 is 0 Å². The van der Waals surface area contributed by atoms with Gasteiger partial charge in [0, 0.05) is 10.9 Å². The first-order valence-corrected chi connectivity index (χ1v) is 5.27. The number of rotatable bonds is 2. The molecule has 0 saturated heterocycles. The van der Waals surface area contributed by atoms with Gasteiger partial charge in [-0.05, 0) is 18.1 Å². The van der Waals surface area contributed by atoms with Crippen LogP contribution in [0.25, 0.3) is 0 Å². The molecule has 0 saturated carbocycles. The van der Waals surface area contributed by atoms with Crippen molar-refractivity contribution in [2.45, 2.75) is 12.8 Å². The Labute approximate surface area is 89.0 Å². The second-order valence-electron chi connectivity index (χ2n) is 2.81. The Morgan fingerprint density at radius 3 is 2.62 bits per heavy atom. The van der Waals surface area contributed by atoms with E-state index in [1.54, 1.807) is 6.92 Å². The van der Waals surface area contributed by atoms with Crippen LogP contribution in [0.15, 0.2) is 12.1 Å². The van der Waals surface area contributed by atoms with Crippen LogP contribution in [-0.2, 0) is 0 Å². The molecule has 0 bridgehead atoms. The van der Waals surface area contributed by atoms with Crippen LogP contribution in [-0.4, -0.2) is 5.33 Å². The molecule has 0 heterocycles. The summed E-state index contributed by atoms with van der Waals surface area (Å²) >= 11 is 8.70. The van der Waals surface area contributed by atoms with Crippen LogP contribution in [0.3, 0.4) is 0 Å². The highest BCUT2D eigenvalue weighted by molar-refractivity contribution is 9.09. The van der Waals surface area contributed by atoms with Crippen molar-refractivity contribution in [3.63, 3.8) is 0 Å². The van der Waals surface area contributed by atoms with Gasteiger partial charge in [-0.1, -0.05) is 34.5 Å². The van der Waals surface area contributed by atoms with Gasteiger partial charge in [0.15, 0.2) is 0 Å². The van der Waals surface area contributed by atoms with E-state index in [0.717, 1.165) is 0 Å². The van der Waals surface area contributed by atoms with E-state index in [9.17, 15) is 8.78 Å². The van der Waals surface area contributed by atoms with E-state index in [-0.39, 0.29) is 16.5 Å². The minimum atomic E-state index is -0.659. The maximum atomic E-state index is 13.3. The first-order chi connectivity index (χ1) is 6.07. The van der Waals surface area contributed by atoms with Crippen molar-refractivity contribution in [2.75, 3.05) is 5.33 Å². The van der Waals surface area contributed by atoms with E-state index in [4.69, 9.17) is 11.6 Å². The summed E-state index contributed by atoms with van der Waals surface area (Å²) in [5.41, 5.74) is 0.0457. The van der Waals surface area contributed by atoms with Crippen molar-refractivity contribution in [1.82, 2.24) is 0 Å². The van der Waals surface area contributed by atoms with Crippen LogP contribution in [0.4, 0.5) is 8.78 Å². The number of hydrogen-bond acceptors (Lipinski definition) is 0. The summed E-state index contributed by atoms with van der Waals surface area (Å²) < 4.78 is 26.5. The topological polar surface area (TPSA) is 0 Å². The molecule has 0 aliphatic carbocycles. The second-order valence-corrected chi connectivity index (χ2v) is 3.87. The number of alkyl halides is 1. The lowest BCUT2D eigenvalue weighted by atomic mass is 10.0. The summed E-state index contributed by atoms with van der Waals surface area (Å²) in [6.07, 6.45) is 0. The number of hydrogen-bond donors (Lipinski definition) is 0. The molecule has 4 heteroatoms. The highest BCUT2D eigenvalue weighted by atomic mass is 79.9. The lowest BCUT2D eigenvalue weighted by Crippen LogP contribution is -2.02. The maximum Gasteiger partial charge on any atom is 0.148 e. The molecule has 0 aromatic heterocycles. The molecule has 1 aromatic carbocycles. The van der Waals surface area contributed by atoms with Crippen molar-refractivity contribution in [3.05, 3.63) is 34.4 Å². The summed E-state index contributed by atoms with van der Waals surface area (Å²) in [7, 11) is 0. The quantitative estimate of drug-likeness (QED) is 0.560. The van der Waals surface area contributed by atoms with Gasteiger partial charge in [-0.2, -0.15) is 0 Å². The molecule has 0 aliphatic rings. The Morgan fingerprint density at radius 2 is 2.08 bits per heavy atom. The van der Waals surface area contributed by atoms with Crippen LogP contribution in [0.5, 0.6) is 0 Å². The Hall–Kier alpha value is -0.150. The van der Waals surface area contributed by atoms with Crippen LogP contribution >= 0.6 is 27.5 Å². The average Bonchev–Trinajstić information content (AvgIpc) is 2.12. The standard InChI is InChI=1S/C9H8BrClF2/c1-5(4-10)8-7(12)3-2-6(11)9(8)13/h2-3,5H,4H2,1H3. The van der Waals surface area contributed by atoms with E-state index in [1.165, 1.54) is 12.1 Å². The molecule has 0 aliphatic heterocycles. The summed E-state index contributed by atoms with van der Waals surface area (Å²) in [6.45, 7) is 1.73. The molecule has 0 N–H and O–H groups in total. The fourth-order valence-corrected chi connectivity index (χ4v) is 1.56. The summed E-state index contributed by atoms with van der Waals surface area (Å²) in [6, 6.07) is 2.40. The molecule has 72 valence electrons. The van der Waals surface area contributed by atoms with Crippen molar-refractivity contribution < 1.29 is 8.78 Å². The largest absolute Gasteiger partial charge is 0.207 e. The first-order valence-electron chi connectivity index (χ1n) is 3.77. The molecule has 0 amide bonds. The third kappa shape index (κ3) is 2.20. The van der Waals surface area contributed by atoms with Crippen LogP contribution in [0, 0.1) is 11.6 Å². The van der Waals surface area contributed by atoms with E-state index in [1.807, 2.05) is 0 Å². The molecule has 0 spiro atoms. The normalized spacial score (nSPS) is 13.0. The average molecular weight is 270 g/mol. The fraction of sp³-hybridized carbons (Fsp3) is 0.333. The van der Waals surface area contributed by atoms with E-state index in [2.05, 4.69) is 15.9 Å². The molecule has 0 nitrogen and oxygen atoms in total. The Bertz CT molecular complexity index is 315. The Morgan fingerprint density at radius 1 is 1.46 bits per heavy atom. The van der Waals surface area contributed by atoms with Gasteiger partial charge < -0.3 is 0 Å². The molecule has 1 unspecified atom stereocenters. The smallest absolute Gasteiger partial charge is 0.148 e. The van der Waals surface area contributed by atoms with Gasteiger partial charge in [0.05, 0.1) is 5.02 Å². The van der Waals surface area contributed by atoms with Gasteiger partial charge in [-0.15, -0.1) is 0 Å². The molecule has 1 aromatic rings. The lowest BCUT2D eigenvalue weighted by molar-refractivity contribution is 0.544. The predicted octanol–water partition coefficient (Wildman–Crippen LogP) is 4.12. The van der Waals surface area contributed by atoms with Crippen molar-refractivity contribution in [3.8, 4) is 0 Å². The van der Waals surface area contributed by atoms with Gasteiger partial charge in [-0.25, -0.2) is 8.78 Å². The molecule has 1 atom stereocenters. The van der Waals surface area contributed by atoms with E-state index < -0.39 is 11.6 Å². The van der Waals surface area contributed by atoms with Gasteiger partial charge in [0.2, 0.25) is 0 Å². The predicted molar refractivity (Wildman–Crippen MR) is 53.6 cm³/mol. The van der Waals surface area contributed by atoms with Crippen molar-refractivity contribution >= 4 is 27.5 Å². The third-order valence-electron chi connectivity index (χ3n) is 1.80. The summed E-state index contributed by atoms with van der Waals surface area (Å²) in [5, 5.41) is 0.463. The molecule has 13 heavy (non-hydrogen) atoms. The molecule has 0 fully saturated rings. The number of halogens is 4.